The van der Waals surface area contributed by atoms with Gasteiger partial charge in [-0.25, -0.2) is 0 Å². The van der Waals surface area contributed by atoms with E-state index in [-0.39, 0.29) is 18.9 Å². The number of hydrogen-bond acceptors (Lipinski definition) is 2. The molecule has 0 aliphatic carbocycles. The lowest BCUT2D eigenvalue weighted by molar-refractivity contribution is -0.188. The summed E-state index contributed by atoms with van der Waals surface area (Å²) in [6, 6.07) is 9.53. The quantitative estimate of drug-likeness (QED) is 0.892. The number of benzene rings is 1. The molecule has 1 unspecified atom stereocenters. The fourth-order valence-electron chi connectivity index (χ4n) is 3.04. The Hall–Kier alpha value is -2.05. The van der Waals surface area contributed by atoms with E-state index in [1.807, 2.05) is 37.3 Å². The summed E-state index contributed by atoms with van der Waals surface area (Å²) >= 11 is 0. The third kappa shape index (κ3) is 4.27. The summed E-state index contributed by atoms with van der Waals surface area (Å²) in [5.41, 5.74) is 1.06. The molecular weight excluding hydrogens is 323 g/mol. The number of rotatable bonds is 5. The van der Waals surface area contributed by atoms with Crippen molar-refractivity contribution in [3.8, 4) is 0 Å². The van der Waals surface area contributed by atoms with Crippen LogP contribution in [0.25, 0.3) is 0 Å². The zero-order valence-electron chi connectivity index (χ0n) is 13.3. The van der Waals surface area contributed by atoms with E-state index in [0.29, 0.717) is 6.42 Å². The van der Waals surface area contributed by atoms with Crippen LogP contribution in [-0.4, -0.2) is 41.1 Å². The predicted octanol–water partition coefficient (Wildman–Crippen LogP) is 3.29. The second-order valence-electron chi connectivity index (χ2n) is 6.24. The average molecular weight is 343 g/mol. The van der Waals surface area contributed by atoms with Crippen LogP contribution in [0.15, 0.2) is 30.3 Å². The van der Waals surface area contributed by atoms with Crippen LogP contribution >= 0.6 is 0 Å². The number of carbonyl (C=O) groups excluding carboxylic acids is 1. The van der Waals surface area contributed by atoms with Crippen molar-refractivity contribution in [1.82, 2.24) is 4.90 Å². The molecule has 3 atom stereocenters. The molecule has 1 fully saturated rings. The minimum Gasteiger partial charge on any atom is -0.481 e. The first-order valence-electron chi connectivity index (χ1n) is 7.82. The van der Waals surface area contributed by atoms with Gasteiger partial charge in [-0.1, -0.05) is 37.3 Å². The molecule has 0 radical (unpaired) electrons. The Kier molecular flexibility index (Phi) is 5.51. The lowest BCUT2D eigenvalue weighted by Gasteiger charge is -2.19. The van der Waals surface area contributed by atoms with Crippen LogP contribution in [0.2, 0.25) is 0 Å². The lowest BCUT2D eigenvalue weighted by Crippen LogP contribution is -2.34. The number of alkyl halides is 3. The molecule has 0 spiro atoms. The van der Waals surface area contributed by atoms with Crippen molar-refractivity contribution in [3.63, 3.8) is 0 Å². The summed E-state index contributed by atoms with van der Waals surface area (Å²) in [6.07, 6.45) is -4.00. The zero-order valence-corrected chi connectivity index (χ0v) is 13.3. The molecule has 0 aromatic heterocycles. The minimum absolute atomic E-state index is 0.103. The van der Waals surface area contributed by atoms with Crippen LogP contribution in [0, 0.1) is 11.8 Å². The molecule has 4 nitrogen and oxygen atoms in total. The number of carboxylic acids is 1. The predicted molar refractivity (Wildman–Crippen MR) is 81.3 cm³/mol. The number of likely N-dealkylation sites (tertiary alicyclic amines) is 1. The van der Waals surface area contributed by atoms with Crippen LogP contribution in [-0.2, 0) is 9.59 Å². The van der Waals surface area contributed by atoms with E-state index in [0.717, 1.165) is 10.5 Å². The first kappa shape index (κ1) is 18.3. The summed E-state index contributed by atoms with van der Waals surface area (Å²) in [4.78, 5) is 24.3. The molecule has 24 heavy (non-hydrogen) atoms. The maximum atomic E-state index is 12.9. The smallest absolute Gasteiger partial charge is 0.394 e. The van der Waals surface area contributed by atoms with E-state index in [1.54, 1.807) is 0 Å². The van der Waals surface area contributed by atoms with Crippen LogP contribution in [0.1, 0.15) is 31.2 Å². The number of nitrogens with zero attached hydrogens (tertiary/aromatic N) is 1. The van der Waals surface area contributed by atoms with E-state index in [9.17, 15) is 22.8 Å². The topological polar surface area (TPSA) is 57.6 Å². The van der Waals surface area contributed by atoms with Gasteiger partial charge >= 0.3 is 12.1 Å². The van der Waals surface area contributed by atoms with Crippen LogP contribution in [0.3, 0.4) is 0 Å². The summed E-state index contributed by atoms with van der Waals surface area (Å²) in [7, 11) is 0. The second kappa shape index (κ2) is 7.23. The Morgan fingerprint density at radius 2 is 1.88 bits per heavy atom. The largest absolute Gasteiger partial charge is 0.481 e. The van der Waals surface area contributed by atoms with Crippen LogP contribution < -0.4 is 0 Å². The van der Waals surface area contributed by atoms with Crippen molar-refractivity contribution in [3.05, 3.63) is 35.9 Å². The van der Waals surface area contributed by atoms with Gasteiger partial charge in [0.05, 0.1) is 11.8 Å². The van der Waals surface area contributed by atoms with Crippen molar-refractivity contribution < 1.29 is 27.9 Å². The highest BCUT2D eigenvalue weighted by atomic mass is 19.4. The molecule has 1 aromatic carbocycles. The molecule has 1 saturated heterocycles. The molecule has 0 bridgehead atoms. The average Bonchev–Trinajstić information content (AvgIpc) is 2.99. The fourth-order valence-corrected chi connectivity index (χ4v) is 3.04. The van der Waals surface area contributed by atoms with Gasteiger partial charge in [0.25, 0.3) is 0 Å². The maximum absolute atomic E-state index is 12.9. The van der Waals surface area contributed by atoms with Gasteiger partial charge in [0.15, 0.2) is 0 Å². The lowest BCUT2D eigenvalue weighted by atomic mass is 9.96. The molecule has 132 valence electrons. The normalized spacial score (nSPS) is 22.4. The Morgan fingerprint density at radius 3 is 2.38 bits per heavy atom. The summed E-state index contributed by atoms with van der Waals surface area (Å²) in [5, 5.41) is 8.98. The van der Waals surface area contributed by atoms with E-state index >= 15 is 0 Å². The molecule has 1 amide bonds. The highest BCUT2D eigenvalue weighted by molar-refractivity contribution is 5.79. The third-order valence-corrected chi connectivity index (χ3v) is 4.57. The monoisotopic (exact) mass is 343 g/mol. The standard InChI is InChI=1S/C17H20F3NO3/c1-11(12-5-3-2-4-6-12)7-8-15(22)21-9-13(16(23)24)14(10-21)17(18,19)20/h2-6,11,13-14H,7-10H2,1H3,(H,23,24)/t11?,13-,14-/m1/s1. The molecule has 1 aliphatic heterocycles. The Labute approximate surface area is 138 Å². The highest BCUT2D eigenvalue weighted by Crippen LogP contribution is 2.38. The van der Waals surface area contributed by atoms with E-state index in [4.69, 9.17) is 5.11 Å². The van der Waals surface area contributed by atoms with Crippen LogP contribution in [0.4, 0.5) is 13.2 Å². The first-order chi connectivity index (χ1) is 11.2. The molecule has 2 rings (SSSR count). The number of amides is 1. The first-order valence-corrected chi connectivity index (χ1v) is 7.82. The zero-order chi connectivity index (χ0) is 17.9. The van der Waals surface area contributed by atoms with Crippen molar-refractivity contribution in [1.29, 1.82) is 0 Å². The van der Waals surface area contributed by atoms with Gasteiger partial charge < -0.3 is 10.0 Å². The molecular formula is C17H20F3NO3. The Bertz CT molecular complexity index is 588. The van der Waals surface area contributed by atoms with Gasteiger partial charge in [-0.15, -0.1) is 0 Å². The van der Waals surface area contributed by atoms with Crippen LogP contribution in [0.5, 0.6) is 0 Å². The SMILES string of the molecule is CC(CCC(=O)N1C[C@@H](C(F)(F)F)[C@H](C(=O)O)C1)c1ccccc1. The maximum Gasteiger partial charge on any atom is 0.394 e. The van der Waals surface area contributed by atoms with Crippen molar-refractivity contribution >= 4 is 11.9 Å². The Morgan fingerprint density at radius 1 is 1.25 bits per heavy atom. The fraction of sp³-hybridized carbons (Fsp3) is 0.529. The number of carboxylic acid groups (broad SMARTS) is 1. The minimum atomic E-state index is -4.62. The molecule has 1 aliphatic rings. The van der Waals surface area contributed by atoms with Crippen molar-refractivity contribution in [2.75, 3.05) is 13.1 Å². The van der Waals surface area contributed by atoms with Gasteiger partial charge in [0.2, 0.25) is 5.91 Å². The number of aliphatic carboxylic acids is 1. The van der Waals surface area contributed by atoms with Gasteiger partial charge in [0, 0.05) is 19.5 Å². The van der Waals surface area contributed by atoms with Gasteiger partial charge in [-0.3, -0.25) is 9.59 Å². The van der Waals surface area contributed by atoms with E-state index < -0.39 is 36.4 Å². The number of halogens is 3. The molecule has 7 heteroatoms. The summed E-state index contributed by atoms with van der Waals surface area (Å²) in [6.45, 7) is 1.00. The van der Waals surface area contributed by atoms with Crippen molar-refractivity contribution in [2.24, 2.45) is 11.8 Å². The molecule has 0 saturated carbocycles. The molecule has 1 N–H and O–H groups in total. The molecule has 1 aromatic rings. The van der Waals surface area contributed by atoms with Gasteiger partial charge in [-0.05, 0) is 17.9 Å². The van der Waals surface area contributed by atoms with E-state index in [2.05, 4.69) is 0 Å². The number of hydrogen-bond donors (Lipinski definition) is 1. The Balaban J connectivity index is 1.94. The molecule has 1 heterocycles. The number of carbonyl (C=O) groups is 2. The van der Waals surface area contributed by atoms with E-state index in [1.165, 1.54) is 0 Å². The third-order valence-electron chi connectivity index (χ3n) is 4.57. The van der Waals surface area contributed by atoms with Gasteiger partial charge in [0.1, 0.15) is 0 Å². The van der Waals surface area contributed by atoms with Crippen molar-refractivity contribution in [2.45, 2.75) is 31.9 Å². The van der Waals surface area contributed by atoms with Gasteiger partial charge in [-0.2, -0.15) is 13.2 Å². The summed E-state index contributed by atoms with van der Waals surface area (Å²) < 4.78 is 38.8. The highest BCUT2D eigenvalue weighted by Gasteiger charge is 2.53. The second-order valence-corrected chi connectivity index (χ2v) is 6.24. The summed E-state index contributed by atoms with van der Waals surface area (Å²) in [5.74, 6) is -5.40.